The molecule has 41 heavy (non-hydrogen) atoms. The van der Waals surface area contributed by atoms with Crippen LogP contribution < -0.4 is 21.3 Å². The monoisotopic (exact) mass is 552 g/mol. The van der Waals surface area contributed by atoms with Crippen molar-refractivity contribution in [1.82, 2.24) is 20.6 Å². The minimum absolute atomic E-state index is 0.188. The van der Waals surface area contributed by atoms with Crippen molar-refractivity contribution in [2.24, 2.45) is 0 Å². The van der Waals surface area contributed by atoms with E-state index in [4.69, 9.17) is 4.98 Å². The number of anilines is 2. The Morgan fingerprint density at radius 1 is 0.951 bits per heavy atom. The molecule has 2 heterocycles. The van der Waals surface area contributed by atoms with Crippen molar-refractivity contribution in [2.75, 3.05) is 24.2 Å². The van der Waals surface area contributed by atoms with Crippen LogP contribution in [0, 0.1) is 0 Å². The molecule has 0 radical (unpaired) electrons. The Bertz CT molecular complexity index is 1460. The summed E-state index contributed by atoms with van der Waals surface area (Å²) in [5.41, 5.74) is 3.21. The second-order valence-electron chi connectivity index (χ2n) is 11.1. The van der Waals surface area contributed by atoms with E-state index in [-0.39, 0.29) is 11.3 Å². The van der Waals surface area contributed by atoms with Crippen molar-refractivity contribution < 1.29 is 9.59 Å². The van der Waals surface area contributed by atoms with Crippen molar-refractivity contribution in [3.05, 3.63) is 90.4 Å². The molecule has 8 nitrogen and oxygen atoms in total. The second kappa shape index (κ2) is 12.5. The molecule has 2 aromatic carbocycles. The summed E-state index contributed by atoms with van der Waals surface area (Å²) in [5.74, 6) is -0.188. The van der Waals surface area contributed by atoms with Gasteiger partial charge in [-0.05, 0) is 67.3 Å². The zero-order valence-corrected chi connectivity index (χ0v) is 23.9. The van der Waals surface area contributed by atoms with E-state index in [1.165, 1.54) is 6.42 Å². The molecular weight excluding hydrogens is 512 g/mol. The Labute approximate surface area is 241 Å². The quantitative estimate of drug-likeness (QED) is 0.163. The zero-order chi connectivity index (χ0) is 28.7. The van der Waals surface area contributed by atoms with E-state index in [9.17, 15) is 9.59 Å². The largest absolute Gasteiger partial charge is 0.388 e. The number of hydrogen-bond donors (Lipinski definition) is 5. The van der Waals surface area contributed by atoms with Crippen LogP contribution >= 0.6 is 0 Å². The molecule has 8 heteroatoms. The van der Waals surface area contributed by atoms with Crippen LogP contribution in [-0.2, 0) is 16.6 Å². The number of fused-ring (bicyclic) bond motifs is 1. The molecule has 2 aromatic heterocycles. The van der Waals surface area contributed by atoms with Crippen LogP contribution in [0.4, 0.5) is 16.2 Å². The smallest absolute Gasteiger partial charge is 0.320 e. The van der Waals surface area contributed by atoms with Crippen LogP contribution in [0.5, 0.6) is 0 Å². The van der Waals surface area contributed by atoms with E-state index in [1.54, 1.807) is 0 Å². The lowest BCUT2D eigenvalue weighted by molar-refractivity contribution is -0.127. The average molecular weight is 553 g/mol. The molecule has 0 aliphatic heterocycles. The highest BCUT2D eigenvalue weighted by Crippen LogP contribution is 2.38. The van der Waals surface area contributed by atoms with E-state index < -0.39 is 11.6 Å². The van der Waals surface area contributed by atoms with Gasteiger partial charge >= 0.3 is 6.03 Å². The minimum Gasteiger partial charge on any atom is -0.388 e. The molecule has 5 rings (SSSR count). The summed E-state index contributed by atoms with van der Waals surface area (Å²) >= 11 is 0. The number of nitrogens with zero attached hydrogens (tertiary/aromatic N) is 1. The number of urea groups is 1. The maximum absolute atomic E-state index is 14.3. The number of carbonyl (C=O) groups is 2. The number of hydrogen-bond acceptors (Lipinski definition) is 4. The maximum atomic E-state index is 14.3. The highest BCUT2D eigenvalue weighted by Gasteiger charge is 2.42. The molecule has 3 amide bonds. The predicted molar refractivity (Wildman–Crippen MR) is 165 cm³/mol. The number of benzene rings is 2. The minimum atomic E-state index is -1.17. The van der Waals surface area contributed by atoms with E-state index in [1.807, 2.05) is 87.0 Å². The molecule has 1 atom stereocenters. The topological polar surface area (TPSA) is 111 Å². The number of amides is 3. The first-order valence-electron chi connectivity index (χ1n) is 14.6. The van der Waals surface area contributed by atoms with Crippen molar-refractivity contribution in [3.8, 4) is 0 Å². The summed E-state index contributed by atoms with van der Waals surface area (Å²) in [6.07, 6.45) is 9.89. The van der Waals surface area contributed by atoms with E-state index >= 15 is 0 Å². The molecule has 4 aromatic rings. The highest BCUT2D eigenvalue weighted by atomic mass is 16.2. The third-order valence-electron chi connectivity index (χ3n) is 8.60. The van der Waals surface area contributed by atoms with Gasteiger partial charge < -0.3 is 26.3 Å². The molecule has 1 fully saturated rings. The molecule has 214 valence electrons. The number of carbonyl (C=O) groups excluding carboxylic acids is 2. The first-order valence-corrected chi connectivity index (χ1v) is 14.6. The van der Waals surface area contributed by atoms with E-state index in [0.29, 0.717) is 25.1 Å². The van der Waals surface area contributed by atoms with Gasteiger partial charge in [0.2, 0.25) is 5.91 Å². The van der Waals surface area contributed by atoms with E-state index in [0.717, 1.165) is 53.5 Å². The van der Waals surface area contributed by atoms with Gasteiger partial charge in [-0.2, -0.15) is 0 Å². The van der Waals surface area contributed by atoms with Crippen molar-refractivity contribution in [2.45, 2.75) is 62.8 Å². The summed E-state index contributed by atoms with van der Waals surface area (Å²) in [7, 11) is 1.85. The summed E-state index contributed by atoms with van der Waals surface area (Å²) in [4.78, 5) is 35.7. The first kappa shape index (κ1) is 28.2. The molecule has 1 saturated carbocycles. The molecule has 1 aliphatic carbocycles. The lowest BCUT2D eigenvalue weighted by Crippen LogP contribution is -2.62. The van der Waals surface area contributed by atoms with Gasteiger partial charge in [0, 0.05) is 65.8 Å². The number of para-hydroxylation sites is 1. The molecule has 0 bridgehead atoms. The van der Waals surface area contributed by atoms with Gasteiger partial charge in [0.15, 0.2) is 0 Å². The Morgan fingerprint density at radius 3 is 2.39 bits per heavy atom. The summed E-state index contributed by atoms with van der Waals surface area (Å²) < 4.78 is 0. The Kier molecular flexibility index (Phi) is 8.57. The third-order valence-corrected chi connectivity index (χ3v) is 8.60. The SMILES string of the molecule is CC[C@@](Cc1c[nH]c2ccccc12)(NC(=O)Nc1ccc(NC)cc1)C(=O)NCC1(c2ccccn2)CCCCC1. The molecular formula is C33H40N6O2. The fourth-order valence-corrected chi connectivity index (χ4v) is 6.11. The number of H-pyrrole nitrogens is 1. The summed E-state index contributed by atoms with van der Waals surface area (Å²) in [6.45, 7) is 2.43. The number of nitrogens with one attached hydrogen (secondary N) is 5. The lowest BCUT2D eigenvalue weighted by atomic mass is 9.71. The second-order valence-corrected chi connectivity index (χ2v) is 11.1. The zero-order valence-electron chi connectivity index (χ0n) is 23.9. The van der Waals surface area contributed by atoms with Crippen molar-refractivity contribution in [1.29, 1.82) is 0 Å². The fraction of sp³-hybridized carbons (Fsp3) is 0.364. The number of aromatic amines is 1. The van der Waals surface area contributed by atoms with Crippen LogP contribution in [0.2, 0.25) is 0 Å². The third kappa shape index (κ3) is 6.21. The van der Waals surface area contributed by atoms with Gasteiger partial charge in [0.1, 0.15) is 5.54 Å². The molecule has 0 spiro atoms. The van der Waals surface area contributed by atoms with Gasteiger partial charge in [-0.25, -0.2) is 4.79 Å². The van der Waals surface area contributed by atoms with Crippen LogP contribution in [0.25, 0.3) is 10.9 Å². The van der Waals surface area contributed by atoms with Crippen LogP contribution in [0.1, 0.15) is 56.7 Å². The first-order chi connectivity index (χ1) is 20.0. The lowest BCUT2D eigenvalue weighted by Gasteiger charge is -2.39. The Balaban J connectivity index is 1.42. The van der Waals surface area contributed by atoms with Gasteiger partial charge in [0.25, 0.3) is 0 Å². The fourth-order valence-electron chi connectivity index (χ4n) is 6.11. The molecule has 1 aliphatic rings. The van der Waals surface area contributed by atoms with Crippen molar-refractivity contribution in [3.63, 3.8) is 0 Å². The number of rotatable bonds is 10. The van der Waals surface area contributed by atoms with Crippen molar-refractivity contribution >= 4 is 34.2 Å². The molecule has 0 saturated heterocycles. The van der Waals surface area contributed by atoms with Gasteiger partial charge in [0.05, 0.1) is 0 Å². The summed E-state index contributed by atoms with van der Waals surface area (Å²) in [5, 5.41) is 13.4. The van der Waals surface area contributed by atoms with E-state index in [2.05, 4.69) is 32.3 Å². The molecule has 5 N–H and O–H groups in total. The standard InChI is InChI=1S/C33H40N6O2/c1-3-33(21-24-22-36-28-12-6-5-11-27(24)28,39-31(41)38-26-16-14-25(34-2)15-17-26)30(40)37-23-32(18-8-4-9-19-32)29-13-7-10-20-35-29/h5-7,10-17,20,22,34,36H,3-4,8-9,18-19,21,23H2,1-2H3,(H,37,40)(H2,38,39,41)/t33-/m0/s1. The van der Waals surface area contributed by atoms with Gasteiger partial charge in [-0.1, -0.05) is 50.5 Å². The normalized spacial score (nSPS) is 16.0. The summed E-state index contributed by atoms with van der Waals surface area (Å²) in [6, 6.07) is 21.1. The maximum Gasteiger partial charge on any atom is 0.320 e. The van der Waals surface area contributed by atoms with Gasteiger partial charge in [-0.3, -0.25) is 9.78 Å². The highest BCUT2D eigenvalue weighted by molar-refractivity contribution is 5.97. The number of aromatic nitrogens is 2. The average Bonchev–Trinajstić information content (AvgIpc) is 3.43. The van der Waals surface area contributed by atoms with Crippen LogP contribution in [0.15, 0.2) is 79.1 Å². The molecule has 0 unspecified atom stereocenters. The van der Waals surface area contributed by atoms with Gasteiger partial charge in [-0.15, -0.1) is 0 Å². The predicted octanol–water partition coefficient (Wildman–Crippen LogP) is 6.14. The Morgan fingerprint density at radius 2 is 1.68 bits per heavy atom. The number of pyridine rings is 1. The van der Waals surface area contributed by atoms with Crippen LogP contribution in [-0.4, -0.2) is 41.0 Å². The van der Waals surface area contributed by atoms with Crippen LogP contribution in [0.3, 0.4) is 0 Å². The Hall–Kier alpha value is -4.33.